The van der Waals surface area contributed by atoms with Crippen molar-refractivity contribution in [1.82, 2.24) is 24.7 Å². The third-order valence-electron chi connectivity index (χ3n) is 4.03. The van der Waals surface area contributed by atoms with Crippen molar-refractivity contribution in [3.8, 4) is 17.1 Å². The Balaban J connectivity index is 2.01. The van der Waals surface area contributed by atoms with Crippen LogP contribution in [-0.2, 0) is 6.54 Å². The van der Waals surface area contributed by atoms with Crippen LogP contribution in [0, 0.1) is 17.6 Å². The van der Waals surface area contributed by atoms with E-state index in [0.717, 1.165) is 29.1 Å². The molecule has 0 aliphatic heterocycles. The van der Waals surface area contributed by atoms with Crippen molar-refractivity contribution in [2.24, 2.45) is 11.0 Å². The maximum Gasteiger partial charge on any atom is 0.216 e. The fourth-order valence-electron chi connectivity index (χ4n) is 2.80. The molecule has 28 heavy (non-hydrogen) atoms. The minimum absolute atomic E-state index is 0.376. The summed E-state index contributed by atoms with van der Waals surface area (Å²) in [6.45, 7) is 9.37. The number of nitrogens with zero attached hydrogens (tertiary/aromatic N) is 5. The Morgan fingerprint density at radius 3 is 2.82 bits per heavy atom. The summed E-state index contributed by atoms with van der Waals surface area (Å²) in [7, 11) is 0. The summed E-state index contributed by atoms with van der Waals surface area (Å²) >= 11 is 11.9. The number of aromatic nitrogens is 5. The molecule has 148 valence electrons. The number of benzene rings is 1. The first-order chi connectivity index (χ1) is 13.4. The van der Waals surface area contributed by atoms with Gasteiger partial charge in [-0.2, -0.15) is 20.0 Å². The molecule has 0 saturated carbocycles. The van der Waals surface area contributed by atoms with Crippen molar-refractivity contribution in [3.63, 3.8) is 0 Å². The molecule has 0 unspecified atom stereocenters. The van der Waals surface area contributed by atoms with Gasteiger partial charge in [0, 0.05) is 6.54 Å². The largest absolute Gasteiger partial charge is 0.493 e. The Morgan fingerprint density at radius 2 is 2.11 bits per heavy atom. The smallest absolute Gasteiger partial charge is 0.216 e. The van der Waals surface area contributed by atoms with E-state index in [9.17, 15) is 0 Å². The Kier molecular flexibility index (Phi) is 6.31. The minimum atomic E-state index is 0.376. The van der Waals surface area contributed by atoms with Crippen LogP contribution in [0.25, 0.3) is 11.4 Å². The molecular formula is C19H23ClN6OS. The van der Waals surface area contributed by atoms with Gasteiger partial charge in [-0.05, 0) is 44.1 Å². The number of rotatable bonds is 7. The monoisotopic (exact) mass is 418 g/mol. The van der Waals surface area contributed by atoms with Crippen LogP contribution >= 0.6 is 23.8 Å². The lowest BCUT2D eigenvalue weighted by atomic mass is 10.2. The van der Waals surface area contributed by atoms with E-state index in [1.165, 1.54) is 0 Å². The van der Waals surface area contributed by atoms with Crippen LogP contribution in [0.4, 0.5) is 0 Å². The predicted molar refractivity (Wildman–Crippen MR) is 114 cm³/mol. The van der Waals surface area contributed by atoms with E-state index < -0.39 is 0 Å². The van der Waals surface area contributed by atoms with E-state index in [4.69, 9.17) is 28.6 Å². The predicted octanol–water partition coefficient (Wildman–Crippen LogP) is 4.70. The molecule has 3 rings (SSSR count). The molecule has 0 atom stereocenters. The highest BCUT2D eigenvalue weighted by molar-refractivity contribution is 7.71. The van der Waals surface area contributed by atoms with E-state index in [0.29, 0.717) is 28.3 Å². The summed E-state index contributed by atoms with van der Waals surface area (Å²) in [5.74, 6) is 1.72. The molecule has 0 spiro atoms. The minimum Gasteiger partial charge on any atom is -0.493 e. The third-order valence-corrected chi connectivity index (χ3v) is 4.69. The van der Waals surface area contributed by atoms with Crippen molar-refractivity contribution >= 4 is 30.0 Å². The molecule has 2 aromatic heterocycles. The van der Waals surface area contributed by atoms with E-state index in [-0.39, 0.29) is 0 Å². The maximum atomic E-state index is 6.51. The number of aryl methyl sites for hydroxylation is 1. The molecule has 0 amide bonds. The molecule has 0 radical (unpaired) electrons. The zero-order valence-electron chi connectivity index (χ0n) is 16.3. The normalized spacial score (nSPS) is 11.6. The Bertz CT molecular complexity index is 1050. The van der Waals surface area contributed by atoms with Crippen molar-refractivity contribution in [2.75, 3.05) is 6.61 Å². The lowest BCUT2D eigenvalue weighted by molar-refractivity contribution is 0.341. The van der Waals surface area contributed by atoms with Gasteiger partial charge < -0.3 is 4.74 Å². The van der Waals surface area contributed by atoms with Crippen molar-refractivity contribution in [1.29, 1.82) is 0 Å². The Morgan fingerprint density at radius 1 is 1.36 bits per heavy atom. The van der Waals surface area contributed by atoms with Gasteiger partial charge in [0.05, 0.1) is 29.6 Å². The average molecular weight is 419 g/mol. The molecule has 0 bridgehead atoms. The molecule has 0 aliphatic carbocycles. The fourth-order valence-corrected chi connectivity index (χ4v) is 3.27. The van der Waals surface area contributed by atoms with Crippen LogP contribution in [-0.4, -0.2) is 37.5 Å². The molecule has 0 saturated heterocycles. The summed E-state index contributed by atoms with van der Waals surface area (Å²) in [5, 5.41) is 16.7. The summed E-state index contributed by atoms with van der Waals surface area (Å²) in [5.41, 5.74) is 2.36. The highest BCUT2D eigenvalue weighted by Gasteiger charge is 2.15. The molecular weight excluding hydrogens is 396 g/mol. The second-order valence-electron chi connectivity index (χ2n) is 6.70. The molecule has 0 fully saturated rings. The van der Waals surface area contributed by atoms with Crippen molar-refractivity contribution < 1.29 is 4.74 Å². The number of nitrogens with one attached hydrogen (secondary N) is 1. The molecule has 2 heterocycles. The number of ether oxygens (including phenoxy) is 1. The van der Waals surface area contributed by atoms with E-state index >= 15 is 0 Å². The van der Waals surface area contributed by atoms with Gasteiger partial charge in [0.25, 0.3) is 0 Å². The number of H-pyrrole nitrogens is 1. The second-order valence-corrected chi connectivity index (χ2v) is 7.45. The SMILES string of the molecule is CCOc1ccccc1-c1n[nH]c(=S)n1/N=C\c1c(C)nn(CC(C)C)c1Cl. The van der Waals surface area contributed by atoms with Gasteiger partial charge >= 0.3 is 0 Å². The summed E-state index contributed by atoms with van der Waals surface area (Å²) in [6.07, 6.45) is 1.67. The summed E-state index contributed by atoms with van der Waals surface area (Å²) in [6, 6.07) is 7.64. The Labute approximate surface area is 174 Å². The zero-order chi connectivity index (χ0) is 20.3. The Hall–Kier alpha value is -2.45. The standard InChI is InChI=1S/C19H23ClN6OS/c1-5-27-16-9-7-6-8-14(16)18-22-23-19(28)26(18)21-10-15-13(4)24-25(17(15)20)11-12(2)3/h6-10,12H,5,11H2,1-4H3,(H,23,28)/b21-10-. The topological polar surface area (TPSA) is 73.0 Å². The molecule has 7 nitrogen and oxygen atoms in total. The molecule has 1 aromatic carbocycles. The van der Waals surface area contributed by atoms with E-state index in [2.05, 4.69) is 34.2 Å². The van der Waals surface area contributed by atoms with Gasteiger partial charge in [0.15, 0.2) is 5.82 Å². The number of aromatic amines is 1. The van der Waals surface area contributed by atoms with Crippen LogP contribution < -0.4 is 4.74 Å². The van der Waals surface area contributed by atoms with Crippen molar-refractivity contribution in [3.05, 3.63) is 45.4 Å². The lowest BCUT2D eigenvalue weighted by Crippen LogP contribution is -2.06. The van der Waals surface area contributed by atoms with Crippen LogP contribution in [0.15, 0.2) is 29.4 Å². The fraction of sp³-hybridized carbons (Fsp3) is 0.368. The van der Waals surface area contributed by atoms with Gasteiger partial charge in [0.1, 0.15) is 10.9 Å². The summed E-state index contributed by atoms with van der Waals surface area (Å²) < 4.78 is 9.44. The van der Waals surface area contributed by atoms with Gasteiger partial charge in [0.2, 0.25) is 4.77 Å². The molecule has 1 N–H and O–H groups in total. The van der Waals surface area contributed by atoms with Crippen LogP contribution in [0.2, 0.25) is 5.15 Å². The van der Waals surface area contributed by atoms with E-state index in [1.807, 2.05) is 38.1 Å². The molecule has 0 aliphatic rings. The number of halogens is 1. The average Bonchev–Trinajstić information content (AvgIpc) is 3.13. The first-order valence-corrected chi connectivity index (χ1v) is 9.87. The highest BCUT2D eigenvalue weighted by Crippen LogP contribution is 2.28. The quantitative estimate of drug-likeness (QED) is 0.445. The highest BCUT2D eigenvalue weighted by atomic mass is 35.5. The molecule has 3 aromatic rings. The number of para-hydroxylation sites is 1. The van der Waals surface area contributed by atoms with Crippen LogP contribution in [0.1, 0.15) is 32.0 Å². The van der Waals surface area contributed by atoms with Gasteiger partial charge in [-0.1, -0.05) is 37.6 Å². The first-order valence-electron chi connectivity index (χ1n) is 9.09. The number of hydrogen-bond donors (Lipinski definition) is 1. The first kappa shape index (κ1) is 20.3. The van der Waals surface area contributed by atoms with E-state index in [1.54, 1.807) is 15.6 Å². The maximum absolute atomic E-state index is 6.51. The third kappa shape index (κ3) is 4.18. The summed E-state index contributed by atoms with van der Waals surface area (Å²) in [4.78, 5) is 0. The second kappa shape index (κ2) is 8.70. The van der Waals surface area contributed by atoms with Crippen LogP contribution in [0.3, 0.4) is 0 Å². The van der Waals surface area contributed by atoms with Gasteiger partial charge in [-0.25, -0.2) is 5.10 Å². The lowest BCUT2D eigenvalue weighted by Gasteiger charge is -2.08. The van der Waals surface area contributed by atoms with Crippen LogP contribution in [0.5, 0.6) is 5.75 Å². The van der Waals surface area contributed by atoms with Gasteiger partial charge in [-0.3, -0.25) is 4.68 Å². The van der Waals surface area contributed by atoms with Crippen molar-refractivity contribution in [2.45, 2.75) is 34.2 Å². The zero-order valence-corrected chi connectivity index (χ0v) is 17.9. The van der Waals surface area contributed by atoms with Gasteiger partial charge in [-0.15, -0.1) is 0 Å². The molecule has 9 heteroatoms. The number of hydrogen-bond acceptors (Lipinski definition) is 5.